The van der Waals surface area contributed by atoms with E-state index in [4.69, 9.17) is 8.83 Å². The van der Waals surface area contributed by atoms with E-state index in [2.05, 4.69) is 10.6 Å². The molecule has 2 amide bonds. The standard InChI is InChI=1S/C17H14N2O4/c1-11-10-12(18-16(20)14-4-2-8-22-14)6-7-13(11)19-17(21)15-5-3-9-23-15/h2-10H,1H3,(H,18,20)(H,19,21). The fourth-order valence-electron chi connectivity index (χ4n) is 2.07. The van der Waals surface area contributed by atoms with Gasteiger partial charge in [-0.25, -0.2) is 0 Å². The van der Waals surface area contributed by atoms with Gasteiger partial charge in [0, 0.05) is 11.4 Å². The number of anilines is 2. The van der Waals surface area contributed by atoms with Crippen LogP contribution >= 0.6 is 0 Å². The molecule has 23 heavy (non-hydrogen) atoms. The van der Waals surface area contributed by atoms with Gasteiger partial charge in [-0.1, -0.05) is 0 Å². The van der Waals surface area contributed by atoms with Crippen LogP contribution in [0.25, 0.3) is 0 Å². The second-order valence-electron chi connectivity index (χ2n) is 4.89. The largest absolute Gasteiger partial charge is 0.459 e. The van der Waals surface area contributed by atoms with Gasteiger partial charge in [-0.05, 0) is 55.0 Å². The molecule has 0 saturated carbocycles. The van der Waals surface area contributed by atoms with E-state index in [1.165, 1.54) is 12.5 Å². The monoisotopic (exact) mass is 310 g/mol. The minimum Gasteiger partial charge on any atom is -0.459 e. The molecule has 2 aromatic heterocycles. The van der Waals surface area contributed by atoms with Gasteiger partial charge in [-0.15, -0.1) is 0 Å². The van der Waals surface area contributed by atoms with Crippen LogP contribution in [0.1, 0.15) is 26.7 Å². The SMILES string of the molecule is Cc1cc(NC(=O)c2ccco2)ccc1NC(=O)c1ccco1. The summed E-state index contributed by atoms with van der Waals surface area (Å²) in [6, 6.07) is 11.6. The lowest BCUT2D eigenvalue weighted by Gasteiger charge is -2.10. The van der Waals surface area contributed by atoms with Crippen LogP contribution in [-0.4, -0.2) is 11.8 Å². The number of hydrogen-bond donors (Lipinski definition) is 2. The summed E-state index contributed by atoms with van der Waals surface area (Å²) in [6.45, 7) is 1.83. The molecule has 6 nitrogen and oxygen atoms in total. The van der Waals surface area contributed by atoms with Crippen LogP contribution in [0.5, 0.6) is 0 Å². The van der Waals surface area contributed by atoms with E-state index in [-0.39, 0.29) is 23.3 Å². The van der Waals surface area contributed by atoms with Crippen LogP contribution in [0.3, 0.4) is 0 Å². The van der Waals surface area contributed by atoms with Gasteiger partial charge in [-0.3, -0.25) is 9.59 Å². The minimum absolute atomic E-state index is 0.234. The fraction of sp³-hybridized carbons (Fsp3) is 0.0588. The van der Waals surface area contributed by atoms with E-state index >= 15 is 0 Å². The van der Waals surface area contributed by atoms with Gasteiger partial charge in [0.2, 0.25) is 0 Å². The number of nitrogens with one attached hydrogen (secondary N) is 2. The van der Waals surface area contributed by atoms with E-state index in [1.807, 2.05) is 6.92 Å². The molecule has 0 unspecified atom stereocenters. The molecule has 0 atom stereocenters. The number of rotatable bonds is 4. The number of hydrogen-bond acceptors (Lipinski definition) is 4. The Morgan fingerprint density at radius 2 is 1.48 bits per heavy atom. The van der Waals surface area contributed by atoms with Crippen molar-refractivity contribution in [1.29, 1.82) is 0 Å². The van der Waals surface area contributed by atoms with Crippen molar-refractivity contribution in [1.82, 2.24) is 0 Å². The van der Waals surface area contributed by atoms with Gasteiger partial charge >= 0.3 is 0 Å². The van der Waals surface area contributed by atoms with Crippen molar-refractivity contribution in [3.05, 3.63) is 72.1 Å². The van der Waals surface area contributed by atoms with Crippen LogP contribution in [-0.2, 0) is 0 Å². The molecule has 6 heteroatoms. The average Bonchev–Trinajstić information content (AvgIpc) is 3.23. The number of furan rings is 2. The second kappa shape index (κ2) is 6.23. The third kappa shape index (κ3) is 3.32. The highest BCUT2D eigenvalue weighted by Gasteiger charge is 2.12. The summed E-state index contributed by atoms with van der Waals surface area (Å²) < 4.78 is 10.1. The number of benzene rings is 1. The van der Waals surface area contributed by atoms with E-state index in [1.54, 1.807) is 42.5 Å². The van der Waals surface area contributed by atoms with Gasteiger partial charge in [0.1, 0.15) is 0 Å². The molecule has 2 heterocycles. The zero-order valence-electron chi connectivity index (χ0n) is 12.3. The Bertz CT molecular complexity index is 820. The lowest BCUT2D eigenvalue weighted by atomic mass is 10.1. The van der Waals surface area contributed by atoms with Crippen molar-refractivity contribution in [2.24, 2.45) is 0 Å². The Kier molecular flexibility index (Phi) is 3.97. The highest BCUT2D eigenvalue weighted by molar-refractivity contribution is 6.04. The first-order valence-electron chi connectivity index (χ1n) is 6.94. The van der Waals surface area contributed by atoms with Crippen LogP contribution in [0.15, 0.2) is 63.8 Å². The van der Waals surface area contributed by atoms with E-state index < -0.39 is 0 Å². The van der Waals surface area contributed by atoms with E-state index in [9.17, 15) is 9.59 Å². The highest BCUT2D eigenvalue weighted by atomic mass is 16.3. The first kappa shape index (κ1) is 14.6. The first-order chi connectivity index (χ1) is 11.1. The molecule has 3 aromatic rings. The van der Waals surface area contributed by atoms with Gasteiger partial charge < -0.3 is 19.5 Å². The average molecular weight is 310 g/mol. The van der Waals surface area contributed by atoms with Crippen LogP contribution in [0, 0.1) is 6.92 Å². The molecule has 0 aliphatic carbocycles. The van der Waals surface area contributed by atoms with Crippen molar-refractivity contribution in [3.8, 4) is 0 Å². The zero-order chi connectivity index (χ0) is 16.2. The Morgan fingerprint density at radius 3 is 2.00 bits per heavy atom. The predicted octanol–water partition coefficient (Wildman–Crippen LogP) is 3.69. The summed E-state index contributed by atoms with van der Waals surface area (Å²) >= 11 is 0. The molecule has 0 aliphatic heterocycles. The maximum atomic E-state index is 12.0. The summed E-state index contributed by atoms with van der Waals surface area (Å²) in [5.74, 6) is -0.190. The van der Waals surface area contributed by atoms with Crippen LogP contribution in [0.2, 0.25) is 0 Å². The van der Waals surface area contributed by atoms with Crippen molar-refractivity contribution in [3.63, 3.8) is 0 Å². The third-order valence-corrected chi connectivity index (χ3v) is 3.22. The molecule has 0 saturated heterocycles. The molecule has 0 fully saturated rings. The summed E-state index contributed by atoms with van der Waals surface area (Å²) in [5.41, 5.74) is 2.06. The van der Waals surface area contributed by atoms with Crippen molar-refractivity contribution >= 4 is 23.2 Å². The summed E-state index contributed by atoms with van der Waals surface area (Å²) in [6.07, 6.45) is 2.88. The Morgan fingerprint density at radius 1 is 0.870 bits per heavy atom. The molecule has 0 radical (unpaired) electrons. The summed E-state index contributed by atoms with van der Waals surface area (Å²) in [5, 5.41) is 5.49. The van der Waals surface area contributed by atoms with E-state index in [0.717, 1.165) is 5.56 Å². The van der Waals surface area contributed by atoms with Gasteiger partial charge in [0.05, 0.1) is 12.5 Å². The summed E-state index contributed by atoms with van der Waals surface area (Å²) in [4.78, 5) is 23.9. The van der Waals surface area contributed by atoms with Crippen LogP contribution < -0.4 is 10.6 Å². The quantitative estimate of drug-likeness (QED) is 0.769. The number of carbonyl (C=O) groups is 2. The molecule has 116 valence electrons. The molecule has 0 aliphatic rings. The third-order valence-electron chi connectivity index (χ3n) is 3.22. The molecule has 0 bridgehead atoms. The minimum atomic E-state index is -0.332. The Labute approximate surface area is 132 Å². The Balaban J connectivity index is 1.71. The molecule has 2 N–H and O–H groups in total. The van der Waals surface area contributed by atoms with Crippen LogP contribution in [0.4, 0.5) is 11.4 Å². The van der Waals surface area contributed by atoms with Gasteiger partial charge in [0.25, 0.3) is 11.8 Å². The molecular weight excluding hydrogens is 296 g/mol. The predicted molar refractivity (Wildman–Crippen MR) is 84.5 cm³/mol. The number of amides is 2. The normalized spacial score (nSPS) is 10.3. The lowest BCUT2D eigenvalue weighted by molar-refractivity contribution is 0.0989. The molecular formula is C17H14N2O4. The summed E-state index contributed by atoms with van der Waals surface area (Å²) in [7, 11) is 0. The lowest BCUT2D eigenvalue weighted by Crippen LogP contribution is -2.13. The van der Waals surface area contributed by atoms with E-state index in [0.29, 0.717) is 11.4 Å². The van der Waals surface area contributed by atoms with Crippen molar-refractivity contribution in [2.45, 2.75) is 6.92 Å². The number of carbonyl (C=O) groups excluding carboxylic acids is 2. The highest BCUT2D eigenvalue weighted by Crippen LogP contribution is 2.21. The number of aryl methyl sites for hydroxylation is 1. The molecule has 0 spiro atoms. The van der Waals surface area contributed by atoms with Gasteiger partial charge in [0.15, 0.2) is 11.5 Å². The second-order valence-corrected chi connectivity index (χ2v) is 4.89. The smallest absolute Gasteiger partial charge is 0.291 e. The Hall–Kier alpha value is -3.28. The molecule has 1 aromatic carbocycles. The maximum Gasteiger partial charge on any atom is 0.291 e. The van der Waals surface area contributed by atoms with Crippen molar-refractivity contribution < 1.29 is 18.4 Å². The zero-order valence-corrected chi connectivity index (χ0v) is 12.3. The topological polar surface area (TPSA) is 84.5 Å². The first-order valence-corrected chi connectivity index (χ1v) is 6.94. The maximum absolute atomic E-state index is 12.0. The fourth-order valence-corrected chi connectivity index (χ4v) is 2.07. The van der Waals surface area contributed by atoms with Gasteiger partial charge in [-0.2, -0.15) is 0 Å². The molecule has 3 rings (SSSR count). The van der Waals surface area contributed by atoms with Crippen molar-refractivity contribution in [2.75, 3.05) is 10.6 Å².